The van der Waals surface area contributed by atoms with Gasteiger partial charge < -0.3 is 10.0 Å². The summed E-state index contributed by atoms with van der Waals surface area (Å²) in [4.78, 5) is 24.4. The van der Waals surface area contributed by atoms with Gasteiger partial charge in [-0.15, -0.1) is 0 Å². The minimum Gasteiger partial charge on any atom is -0.390 e. The smallest absolute Gasteiger partial charge is 0.272 e. The Morgan fingerprint density at radius 1 is 1.16 bits per heavy atom. The number of nitrogens with zero attached hydrogens (tertiary/aromatic N) is 4. The number of fused-ring (bicyclic) bond motifs is 1. The lowest BCUT2D eigenvalue weighted by atomic mass is 9.94. The molecule has 0 bridgehead atoms. The highest BCUT2D eigenvalue weighted by atomic mass is 16.3. The van der Waals surface area contributed by atoms with Crippen LogP contribution in [0.3, 0.4) is 0 Å². The van der Waals surface area contributed by atoms with E-state index < -0.39 is 6.10 Å². The van der Waals surface area contributed by atoms with Gasteiger partial charge in [0.1, 0.15) is 12.0 Å². The standard InChI is InChI=1S/C19H22N4O2/c24-18-12-23(19(25)16-5-8-20-13-21-16)10-7-17(18)22-9-6-14-3-1-2-4-15(14)11-22/h1-5,8,13,17-18,24H,6-7,9-12H2. The summed E-state index contributed by atoms with van der Waals surface area (Å²) in [6.45, 7) is 2.82. The molecule has 0 saturated carbocycles. The van der Waals surface area contributed by atoms with Gasteiger partial charge in [-0.05, 0) is 30.0 Å². The molecule has 2 unspecified atom stereocenters. The van der Waals surface area contributed by atoms with Gasteiger partial charge in [0, 0.05) is 38.4 Å². The molecule has 6 heteroatoms. The molecule has 1 aromatic heterocycles. The van der Waals surface area contributed by atoms with Crippen LogP contribution in [0.25, 0.3) is 0 Å². The summed E-state index contributed by atoms with van der Waals surface area (Å²) >= 11 is 0. The zero-order valence-electron chi connectivity index (χ0n) is 14.1. The lowest BCUT2D eigenvalue weighted by molar-refractivity contribution is -0.0139. The minimum atomic E-state index is -0.537. The van der Waals surface area contributed by atoms with E-state index >= 15 is 0 Å². The molecule has 3 heterocycles. The van der Waals surface area contributed by atoms with Gasteiger partial charge >= 0.3 is 0 Å². The van der Waals surface area contributed by atoms with Gasteiger partial charge in [-0.3, -0.25) is 9.69 Å². The van der Waals surface area contributed by atoms with Crippen LogP contribution in [0, 0.1) is 0 Å². The third-order valence-electron chi connectivity index (χ3n) is 5.26. The molecule has 130 valence electrons. The molecular weight excluding hydrogens is 316 g/mol. The minimum absolute atomic E-state index is 0.0998. The highest BCUT2D eigenvalue weighted by molar-refractivity contribution is 5.92. The molecule has 6 nitrogen and oxygen atoms in total. The summed E-state index contributed by atoms with van der Waals surface area (Å²) in [5.74, 6) is -0.135. The number of piperidine rings is 1. The van der Waals surface area contributed by atoms with Gasteiger partial charge in [-0.25, -0.2) is 9.97 Å². The molecule has 0 aliphatic carbocycles. The Kier molecular flexibility index (Phi) is 4.46. The van der Waals surface area contributed by atoms with Crippen molar-refractivity contribution in [3.8, 4) is 0 Å². The fourth-order valence-electron chi connectivity index (χ4n) is 3.91. The second kappa shape index (κ2) is 6.90. The molecule has 1 N–H and O–H groups in total. The molecule has 25 heavy (non-hydrogen) atoms. The SMILES string of the molecule is O=C(c1ccncn1)N1CCC(N2CCc3ccccc3C2)C(O)C1. The van der Waals surface area contributed by atoms with E-state index in [1.807, 2.05) is 0 Å². The van der Waals surface area contributed by atoms with Crippen molar-refractivity contribution in [2.45, 2.75) is 31.5 Å². The molecular formula is C19H22N4O2. The molecule has 0 spiro atoms. The Hall–Kier alpha value is -2.31. The van der Waals surface area contributed by atoms with Crippen LogP contribution in [0.5, 0.6) is 0 Å². The fraction of sp³-hybridized carbons (Fsp3) is 0.421. The number of hydrogen-bond acceptors (Lipinski definition) is 5. The van der Waals surface area contributed by atoms with Gasteiger partial charge in [0.05, 0.1) is 6.10 Å². The molecule has 2 atom stereocenters. The predicted molar refractivity (Wildman–Crippen MR) is 92.9 cm³/mol. The van der Waals surface area contributed by atoms with E-state index in [4.69, 9.17) is 0 Å². The lowest BCUT2D eigenvalue weighted by Gasteiger charge is -2.43. The third kappa shape index (κ3) is 3.27. The van der Waals surface area contributed by atoms with E-state index in [9.17, 15) is 9.90 Å². The van der Waals surface area contributed by atoms with Crippen LogP contribution in [0.2, 0.25) is 0 Å². The summed E-state index contributed by atoms with van der Waals surface area (Å²) in [6.07, 6.45) is 4.20. The van der Waals surface area contributed by atoms with Crippen LogP contribution in [-0.4, -0.2) is 62.6 Å². The zero-order chi connectivity index (χ0) is 17.2. The number of carbonyl (C=O) groups excluding carboxylic acids is 1. The number of likely N-dealkylation sites (tertiary alicyclic amines) is 1. The second-order valence-corrected chi connectivity index (χ2v) is 6.76. The molecule has 4 rings (SSSR count). The van der Waals surface area contributed by atoms with Crippen molar-refractivity contribution < 1.29 is 9.90 Å². The van der Waals surface area contributed by atoms with E-state index in [1.165, 1.54) is 17.5 Å². The molecule has 0 radical (unpaired) electrons. The molecule has 1 fully saturated rings. The first-order chi connectivity index (χ1) is 12.2. The van der Waals surface area contributed by atoms with Crippen LogP contribution in [0.15, 0.2) is 42.9 Å². The average Bonchev–Trinajstić information content (AvgIpc) is 2.67. The van der Waals surface area contributed by atoms with Crippen LogP contribution in [-0.2, 0) is 13.0 Å². The van der Waals surface area contributed by atoms with Crippen molar-refractivity contribution >= 4 is 5.91 Å². The van der Waals surface area contributed by atoms with Crippen molar-refractivity contribution in [2.75, 3.05) is 19.6 Å². The van der Waals surface area contributed by atoms with Gasteiger partial charge in [0.2, 0.25) is 0 Å². The van der Waals surface area contributed by atoms with Crippen molar-refractivity contribution in [3.63, 3.8) is 0 Å². The quantitative estimate of drug-likeness (QED) is 0.888. The Morgan fingerprint density at radius 3 is 2.76 bits per heavy atom. The van der Waals surface area contributed by atoms with E-state index in [0.29, 0.717) is 18.8 Å². The average molecular weight is 338 g/mol. The molecule has 1 aromatic carbocycles. The van der Waals surface area contributed by atoms with Crippen LogP contribution in [0.1, 0.15) is 28.0 Å². The summed E-state index contributed by atoms with van der Waals surface area (Å²) < 4.78 is 0. The monoisotopic (exact) mass is 338 g/mol. The number of aromatic nitrogens is 2. The first-order valence-electron chi connectivity index (χ1n) is 8.76. The second-order valence-electron chi connectivity index (χ2n) is 6.76. The van der Waals surface area contributed by atoms with Gasteiger partial charge in [0.15, 0.2) is 0 Å². The van der Waals surface area contributed by atoms with Crippen molar-refractivity contribution in [3.05, 3.63) is 59.7 Å². The maximum absolute atomic E-state index is 12.5. The maximum Gasteiger partial charge on any atom is 0.272 e. The van der Waals surface area contributed by atoms with E-state index in [2.05, 4.69) is 39.1 Å². The zero-order valence-corrected chi connectivity index (χ0v) is 14.1. The summed E-state index contributed by atoms with van der Waals surface area (Å²) in [5, 5.41) is 10.7. The number of benzene rings is 1. The Morgan fingerprint density at radius 2 is 2.00 bits per heavy atom. The number of amides is 1. The van der Waals surface area contributed by atoms with Gasteiger partial charge in [-0.1, -0.05) is 24.3 Å². The number of rotatable bonds is 2. The lowest BCUT2D eigenvalue weighted by Crippen LogP contribution is -2.56. The number of aliphatic hydroxyl groups is 1. The molecule has 2 aromatic rings. The number of aliphatic hydroxyl groups excluding tert-OH is 1. The third-order valence-corrected chi connectivity index (χ3v) is 5.26. The molecule has 2 aliphatic rings. The number of hydrogen-bond donors (Lipinski definition) is 1. The maximum atomic E-state index is 12.5. The molecule has 1 amide bonds. The number of carbonyl (C=O) groups is 1. The van der Waals surface area contributed by atoms with Crippen LogP contribution >= 0.6 is 0 Å². The van der Waals surface area contributed by atoms with E-state index in [-0.39, 0.29) is 11.9 Å². The van der Waals surface area contributed by atoms with Crippen molar-refractivity contribution in [2.24, 2.45) is 0 Å². The first-order valence-corrected chi connectivity index (χ1v) is 8.76. The van der Waals surface area contributed by atoms with Crippen LogP contribution < -0.4 is 0 Å². The summed E-state index contributed by atoms with van der Waals surface area (Å²) in [6, 6.07) is 10.2. The van der Waals surface area contributed by atoms with E-state index in [1.54, 1.807) is 17.2 Å². The first kappa shape index (κ1) is 16.2. The number of β-amino-alcohol motifs (C(OH)–C–C–N with tert-alkyl or cyclic N) is 1. The van der Waals surface area contributed by atoms with E-state index in [0.717, 1.165) is 25.9 Å². The largest absolute Gasteiger partial charge is 0.390 e. The van der Waals surface area contributed by atoms with Crippen LogP contribution in [0.4, 0.5) is 0 Å². The molecule has 2 aliphatic heterocycles. The highest BCUT2D eigenvalue weighted by Crippen LogP contribution is 2.25. The van der Waals surface area contributed by atoms with Crippen molar-refractivity contribution in [1.82, 2.24) is 19.8 Å². The topological polar surface area (TPSA) is 69.6 Å². The highest BCUT2D eigenvalue weighted by Gasteiger charge is 2.35. The summed E-state index contributed by atoms with van der Waals surface area (Å²) in [7, 11) is 0. The van der Waals surface area contributed by atoms with Gasteiger partial charge in [0.25, 0.3) is 5.91 Å². The fourth-order valence-corrected chi connectivity index (χ4v) is 3.91. The van der Waals surface area contributed by atoms with Crippen molar-refractivity contribution in [1.29, 1.82) is 0 Å². The molecule has 1 saturated heterocycles. The Labute approximate surface area is 147 Å². The normalized spacial score (nSPS) is 24.0. The van der Waals surface area contributed by atoms with Gasteiger partial charge in [-0.2, -0.15) is 0 Å². The predicted octanol–water partition coefficient (Wildman–Crippen LogP) is 1.11. The summed E-state index contributed by atoms with van der Waals surface area (Å²) in [5.41, 5.74) is 3.14. The Bertz CT molecular complexity index is 752. The Balaban J connectivity index is 1.42.